The SMILES string of the molecule is CC/C=C\C/C=C\C/C=C\C/C=C\C/C=C\C/C=C\C/C=C\C/C=C\C/C=C\CCCCCC(=O)OC(COC(=O)CCCCC/C=C\C/C=C\C/C=C\C/C=C\C/C=C\C/C=C\C/C=C\CC)COC(OCC[N+](C)(C)C)C(=O)[O-]. The molecule has 0 bridgehead atoms. The second kappa shape index (κ2) is 60.2. The average Bonchev–Trinajstić information content (AvgIpc) is 3.44. The van der Waals surface area contributed by atoms with Crippen LogP contribution in [-0.4, -0.2) is 82.3 Å². The third-order valence-corrected chi connectivity index (χ3v) is 11.8. The molecule has 0 aromatic rings. The van der Waals surface area contributed by atoms with E-state index in [2.05, 4.69) is 208 Å². The Bertz CT molecular complexity index is 2020. The molecule has 0 radical (unpaired) electrons. The van der Waals surface area contributed by atoms with Crippen molar-refractivity contribution in [1.82, 2.24) is 0 Å². The molecule has 0 aromatic carbocycles. The summed E-state index contributed by atoms with van der Waals surface area (Å²) in [6.45, 7) is 4.40. The van der Waals surface area contributed by atoms with Crippen LogP contribution in [0.25, 0.3) is 0 Å². The van der Waals surface area contributed by atoms with Crippen LogP contribution in [0.3, 0.4) is 0 Å². The fourth-order valence-corrected chi connectivity index (χ4v) is 7.21. The maximum Gasteiger partial charge on any atom is 0.306 e. The van der Waals surface area contributed by atoms with Crippen LogP contribution in [0.5, 0.6) is 0 Å². The third-order valence-electron chi connectivity index (χ3n) is 11.8. The molecular weight excluding hydrogens is 1010 g/mol. The second-order valence-electron chi connectivity index (χ2n) is 20.5. The van der Waals surface area contributed by atoms with Gasteiger partial charge in [0.15, 0.2) is 12.4 Å². The van der Waals surface area contributed by atoms with E-state index in [1.807, 2.05) is 21.1 Å². The number of ether oxygens (including phenoxy) is 4. The van der Waals surface area contributed by atoms with Crippen LogP contribution < -0.4 is 5.11 Å². The summed E-state index contributed by atoms with van der Waals surface area (Å²) >= 11 is 0. The molecule has 0 rings (SSSR count). The van der Waals surface area contributed by atoms with Gasteiger partial charge in [0.2, 0.25) is 0 Å². The summed E-state index contributed by atoms with van der Waals surface area (Å²) in [4.78, 5) is 37.3. The minimum Gasteiger partial charge on any atom is -0.545 e. The van der Waals surface area contributed by atoms with Gasteiger partial charge in [-0.15, -0.1) is 0 Å². The number of aliphatic carboxylic acids is 1. The van der Waals surface area contributed by atoms with E-state index in [4.69, 9.17) is 18.9 Å². The number of hydrogen-bond donors (Lipinski definition) is 0. The van der Waals surface area contributed by atoms with Gasteiger partial charge in [-0.25, -0.2) is 0 Å². The van der Waals surface area contributed by atoms with E-state index in [9.17, 15) is 19.5 Å². The first-order chi connectivity index (χ1) is 39.6. The molecule has 81 heavy (non-hydrogen) atoms. The summed E-state index contributed by atoms with van der Waals surface area (Å²) in [5, 5.41) is 11.8. The third kappa shape index (κ3) is 61.6. The molecule has 9 nitrogen and oxygen atoms in total. The Labute approximate surface area is 493 Å². The van der Waals surface area contributed by atoms with Gasteiger partial charge in [-0.1, -0.05) is 221 Å². The molecule has 0 aliphatic carbocycles. The van der Waals surface area contributed by atoms with Crippen LogP contribution in [-0.2, 0) is 33.3 Å². The highest BCUT2D eigenvalue weighted by Gasteiger charge is 2.22. The smallest absolute Gasteiger partial charge is 0.306 e. The van der Waals surface area contributed by atoms with Crippen molar-refractivity contribution in [3.8, 4) is 0 Å². The lowest BCUT2D eigenvalue weighted by molar-refractivity contribution is -0.870. The Hall–Kier alpha value is -5.87. The molecule has 0 aliphatic heterocycles. The lowest BCUT2D eigenvalue weighted by Gasteiger charge is -2.26. The van der Waals surface area contributed by atoms with E-state index in [0.717, 1.165) is 141 Å². The molecule has 0 N–H and O–H groups in total. The number of allylic oxidation sites excluding steroid dienone is 32. The van der Waals surface area contributed by atoms with Crippen molar-refractivity contribution >= 4 is 17.9 Å². The Kier molecular flexibility index (Phi) is 55.9. The number of unbranched alkanes of at least 4 members (excludes halogenated alkanes) is 6. The van der Waals surface area contributed by atoms with Gasteiger partial charge in [0.05, 0.1) is 40.3 Å². The van der Waals surface area contributed by atoms with Crippen molar-refractivity contribution in [2.75, 3.05) is 47.5 Å². The van der Waals surface area contributed by atoms with Crippen molar-refractivity contribution in [3.05, 3.63) is 194 Å². The summed E-state index contributed by atoms with van der Waals surface area (Å²) in [6, 6.07) is 0. The molecule has 2 atom stereocenters. The van der Waals surface area contributed by atoms with Crippen LogP contribution in [0, 0.1) is 0 Å². The van der Waals surface area contributed by atoms with Gasteiger partial charge in [-0.2, -0.15) is 0 Å². The molecule has 0 aliphatic rings. The van der Waals surface area contributed by atoms with Crippen molar-refractivity contribution in [3.63, 3.8) is 0 Å². The molecule has 0 saturated carbocycles. The normalized spacial score (nSPS) is 14.1. The first-order valence-corrected chi connectivity index (χ1v) is 30.6. The molecule has 0 amide bonds. The van der Waals surface area contributed by atoms with Crippen molar-refractivity contribution < 1.29 is 42.9 Å². The van der Waals surface area contributed by atoms with Crippen molar-refractivity contribution in [1.29, 1.82) is 0 Å². The molecule has 450 valence electrons. The van der Waals surface area contributed by atoms with Crippen molar-refractivity contribution in [2.24, 2.45) is 0 Å². The first-order valence-electron chi connectivity index (χ1n) is 30.6. The van der Waals surface area contributed by atoms with Gasteiger partial charge in [-0.3, -0.25) is 9.59 Å². The number of esters is 2. The number of rotatable bonds is 53. The highest BCUT2D eigenvalue weighted by Crippen LogP contribution is 2.11. The lowest BCUT2D eigenvalue weighted by Crippen LogP contribution is -2.44. The Morgan fingerprint density at radius 2 is 0.667 bits per heavy atom. The minimum absolute atomic E-state index is 0.122. The Morgan fingerprint density at radius 3 is 0.963 bits per heavy atom. The number of carbonyl (C=O) groups excluding carboxylic acids is 3. The van der Waals surface area contributed by atoms with Crippen LogP contribution in [0.4, 0.5) is 0 Å². The largest absolute Gasteiger partial charge is 0.545 e. The topological polar surface area (TPSA) is 111 Å². The Balaban J connectivity index is 4.44. The van der Waals surface area contributed by atoms with Gasteiger partial charge in [0.25, 0.3) is 0 Å². The number of carbonyl (C=O) groups is 3. The van der Waals surface area contributed by atoms with E-state index < -0.39 is 30.3 Å². The quantitative estimate of drug-likeness (QED) is 0.0195. The molecule has 0 spiro atoms. The zero-order valence-electron chi connectivity index (χ0n) is 51.1. The van der Waals surface area contributed by atoms with E-state index >= 15 is 0 Å². The number of carboxylic acids is 1. The first kappa shape index (κ1) is 75.1. The summed E-state index contributed by atoms with van der Waals surface area (Å²) in [5.74, 6) is -2.41. The predicted octanol–water partition coefficient (Wildman–Crippen LogP) is 17.3. The van der Waals surface area contributed by atoms with Crippen LogP contribution >= 0.6 is 0 Å². The summed E-state index contributed by atoms with van der Waals surface area (Å²) in [5.41, 5.74) is 0. The van der Waals surface area contributed by atoms with Gasteiger partial charge < -0.3 is 33.3 Å². The molecule has 0 fully saturated rings. The number of quaternary nitrogens is 1. The van der Waals surface area contributed by atoms with Gasteiger partial charge in [0.1, 0.15) is 13.2 Å². The molecule has 0 aromatic heterocycles. The maximum atomic E-state index is 12.9. The monoisotopic (exact) mass is 1120 g/mol. The van der Waals surface area contributed by atoms with E-state index in [1.54, 1.807) is 0 Å². The summed E-state index contributed by atoms with van der Waals surface area (Å²) in [6.07, 6.45) is 90.5. The predicted molar refractivity (Wildman–Crippen MR) is 342 cm³/mol. The zero-order chi connectivity index (χ0) is 59.1. The van der Waals surface area contributed by atoms with E-state index in [1.165, 1.54) is 0 Å². The Morgan fingerprint density at radius 1 is 0.370 bits per heavy atom. The van der Waals surface area contributed by atoms with Crippen molar-refractivity contribution in [2.45, 2.75) is 193 Å². The average molecular weight is 1120 g/mol. The number of likely N-dealkylation sites (N-methyl/N-ethyl adjacent to an activating group) is 1. The van der Waals surface area contributed by atoms with Gasteiger partial charge in [-0.05, 0) is 141 Å². The second-order valence-corrected chi connectivity index (χ2v) is 20.5. The summed E-state index contributed by atoms with van der Waals surface area (Å²) < 4.78 is 22.6. The lowest BCUT2D eigenvalue weighted by atomic mass is 10.1. The molecule has 2 unspecified atom stereocenters. The zero-order valence-corrected chi connectivity index (χ0v) is 51.1. The number of carboxylic acid groups (broad SMARTS) is 1. The van der Waals surface area contributed by atoms with Gasteiger partial charge in [0, 0.05) is 12.8 Å². The standard InChI is InChI=1S/C72H109NO8/c1-6-8-10-12-14-16-18-20-22-24-26-28-30-32-33-34-35-36-37-39-41-43-45-47-49-51-53-55-57-59-61-63-70(75)81-68(67-80-72(71(76)77)78-65-64-73(3,4)5)66-79-69(74)62-60-58-56-54-52-50-48-46-44-42-40-38-31-29-27-25-23-21-19-17-15-13-11-9-7-2/h8-11,14-17,20-23,26-29,32-33,35-36,38-41,44-47,50-53,68,72H,6-7,12-13,18-19,24-25,30-31,34,37,42-43,48-49,54-67H2,1-5H3/b10-8-,11-9-,16-14-,17-15-,22-20-,23-21-,28-26-,29-27-,33-32-,36-35-,40-38-,41-39-,46-44-,47-45-,52-50-,53-51-. The molecule has 0 heterocycles. The highest BCUT2D eigenvalue weighted by molar-refractivity contribution is 5.70. The molecular formula is C72H109NO8. The highest BCUT2D eigenvalue weighted by atomic mass is 16.7. The van der Waals surface area contributed by atoms with E-state index in [0.29, 0.717) is 23.9 Å². The van der Waals surface area contributed by atoms with Crippen LogP contribution in [0.1, 0.15) is 181 Å². The fraction of sp³-hybridized carbons (Fsp3) is 0.514. The van der Waals surface area contributed by atoms with Crippen LogP contribution in [0.2, 0.25) is 0 Å². The number of hydrogen-bond acceptors (Lipinski definition) is 8. The fourth-order valence-electron chi connectivity index (χ4n) is 7.21. The maximum absolute atomic E-state index is 12.9. The number of nitrogens with zero attached hydrogens (tertiary/aromatic N) is 1. The summed E-state index contributed by atoms with van der Waals surface area (Å²) in [7, 11) is 5.88. The van der Waals surface area contributed by atoms with Crippen LogP contribution in [0.15, 0.2) is 194 Å². The van der Waals surface area contributed by atoms with Gasteiger partial charge >= 0.3 is 11.9 Å². The molecule has 9 heteroatoms. The minimum atomic E-state index is -1.65. The van der Waals surface area contributed by atoms with E-state index in [-0.39, 0.29) is 32.7 Å². The molecule has 0 saturated heterocycles.